The topological polar surface area (TPSA) is 64.4 Å². The smallest absolute Gasteiger partial charge is 0.226 e. The average Bonchev–Trinajstić information content (AvgIpc) is 2.27. The number of hydrogen-bond donors (Lipinski definition) is 2. The van der Waals surface area contributed by atoms with Gasteiger partial charge >= 0.3 is 0 Å². The summed E-state index contributed by atoms with van der Waals surface area (Å²) in [5.41, 5.74) is 5.07. The molecular weight excluding hydrogens is 192 g/mol. The SMILES string of the molecule is CC(C)(CN)C(=O)NCC1CCCOC1. The lowest BCUT2D eigenvalue weighted by atomic mass is 9.92. The number of carbonyl (C=O) groups is 1. The first-order valence-corrected chi connectivity index (χ1v) is 5.62. The Bertz CT molecular complexity index is 211. The quantitative estimate of drug-likeness (QED) is 0.717. The fraction of sp³-hybridized carbons (Fsp3) is 0.909. The lowest BCUT2D eigenvalue weighted by Gasteiger charge is -2.26. The van der Waals surface area contributed by atoms with Gasteiger partial charge in [-0.15, -0.1) is 0 Å². The predicted molar refractivity (Wildman–Crippen MR) is 59.4 cm³/mol. The molecule has 0 bridgehead atoms. The first-order chi connectivity index (χ1) is 7.06. The molecule has 1 aliphatic rings. The van der Waals surface area contributed by atoms with E-state index in [4.69, 9.17) is 10.5 Å². The van der Waals surface area contributed by atoms with E-state index in [1.165, 1.54) is 0 Å². The van der Waals surface area contributed by atoms with Gasteiger partial charge in [0.25, 0.3) is 0 Å². The highest BCUT2D eigenvalue weighted by atomic mass is 16.5. The normalized spacial score (nSPS) is 22.5. The van der Waals surface area contributed by atoms with Crippen LogP contribution in [0.1, 0.15) is 26.7 Å². The van der Waals surface area contributed by atoms with E-state index in [1.807, 2.05) is 13.8 Å². The van der Waals surface area contributed by atoms with Crippen LogP contribution >= 0.6 is 0 Å². The van der Waals surface area contributed by atoms with Crippen molar-refractivity contribution in [3.05, 3.63) is 0 Å². The lowest BCUT2D eigenvalue weighted by Crippen LogP contribution is -2.44. The maximum Gasteiger partial charge on any atom is 0.226 e. The van der Waals surface area contributed by atoms with E-state index in [2.05, 4.69) is 5.32 Å². The number of amides is 1. The Morgan fingerprint density at radius 1 is 1.60 bits per heavy atom. The summed E-state index contributed by atoms with van der Waals surface area (Å²) in [6.45, 7) is 6.43. The molecule has 0 aromatic rings. The van der Waals surface area contributed by atoms with E-state index in [0.29, 0.717) is 19.0 Å². The zero-order valence-electron chi connectivity index (χ0n) is 9.71. The van der Waals surface area contributed by atoms with E-state index in [1.54, 1.807) is 0 Å². The van der Waals surface area contributed by atoms with E-state index >= 15 is 0 Å². The molecule has 1 unspecified atom stereocenters. The largest absolute Gasteiger partial charge is 0.381 e. The van der Waals surface area contributed by atoms with Crippen molar-refractivity contribution in [1.82, 2.24) is 5.32 Å². The van der Waals surface area contributed by atoms with Gasteiger partial charge in [-0.3, -0.25) is 4.79 Å². The molecule has 1 heterocycles. The highest BCUT2D eigenvalue weighted by Crippen LogP contribution is 2.15. The van der Waals surface area contributed by atoms with Gasteiger partial charge in [-0.05, 0) is 32.6 Å². The third kappa shape index (κ3) is 3.80. The third-order valence-electron chi connectivity index (χ3n) is 2.93. The molecule has 1 rings (SSSR count). The lowest BCUT2D eigenvalue weighted by molar-refractivity contribution is -0.129. The summed E-state index contributed by atoms with van der Waals surface area (Å²) in [5.74, 6) is 0.506. The molecule has 0 aliphatic carbocycles. The summed E-state index contributed by atoms with van der Waals surface area (Å²) in [5, 5.41) is 2.94. The van der Waals surface area contributed by atoms with Crippen LogP contribution in [0.15, 0.2) is 0 Å². The molecule has 0 aromatic carbocycles. The summed E-state index contributed by atoms with van der Waals surface area (Å²) in [6.07, 6.45) is 2.24. The van der Waals surface area contributed by atoms with Gasteiger partial charge in [0.1, 0.15) is 0 Å². The Hall–Kier alpha value is -0.610. The Labute approximate surface area is 91.5 Å². The van der Waals surface area contributed by atoms with Gasteiger partial charge in [-0.2, -0.15) is 0 Å². The molecule has 0 saturated carbocycles. The molecule has 1 aliphatic heterocycles. The second-order valence-corrected chi connectivity index (χ2v) is 4.88. The molecule has 4 nitrogen and oxygen atoms in total. The van der Waals surface area contributed by atoms with Crippen molar-refractivity contribution in [2.24, 2.45) is 17.1 Å². The molecule has 88 valence electrons. The van der Waals surface area contributed by atoms with Crippen molar-refractivity contribution in [1.29, 1.82) is 0 Å². The van der Waals surface area contributed by atoms with Crippen LogP contribution in [0.4, 0.5) is 0 Å². The Morgan fingerprint density at radius 2 is 2.33 bits per heavy atom. The van der Waals surface area contributed by atoms with Gasteiger partial charge < -0.3 is 15.8 Å². The van der Waals surface area contributed by atoms with Crippen LogP contribution < -0.4 is 11.1 Å². The van der Waals surface area contributed by atoms with Gasteiger partial charge in [-0.25, -0.2) is 0 Å². The maximum absolute atomic E-state index is 11.7. The van der Waals surface area contributed by atoms with Gasteiger partial charge in [-0.1, -0.05) is 0 Å². The van der Waals surface area contributed by atoms with E-state index in [9.17, 15) is 4.79 Å². The van der Waals surface area contributed by atoms with Crippen LogP contribution in [0.25, 0.3) is 0 Å². The molecule has 1 amide bonds. The Balaban J connectivity index is 2.26. The third-order valence-corrected chi connectivity index (χ3v) is 2.93. The second kappa shape index (κ2) is 5.47. The predicted octanol–water partition coefficient (Wildman–Crippen LogP) is 0.514. The molecule has 0 aromatic heterocycles. The molecule has 1 saturated heterocycles. The van der Waals surface area contributed by atoms with Crippen LogP contribution in [-0.4, -0.2) is 32.2 Å². The highest BCUT2D eigenvalue weighted by Gasteiger charge is 2.26. The molecule has 1 atom stereocenters. The number of rotatable bonds is 4. The highest BCUT2D eigenvalue weighted by molar-refractivity contribution is 5.81. The fourth-order valence-corrected chi connectivity index (χ4v) is 1.54. The molecule has 1 fully saturated rings. The van der Waals surface area contributed by atoms with Gasteiger partial charge in [0, 0.05) is 19.7 Å². The van der Waals surface area contributed by atoms with Crippen molar-refractivity contribution in [3.63, 3.8) is 0 Å². The van der Waals surface area contributed by atoms with Crippen molar-refractivity contribution in [2.45, 2.75) is 26.7 Å². The summed E-state index contributed by atoms with van der Waals surface area (Å²) in [4.78, 5) is 11.7. The van der Waals surface area contributed by atoms with E-state index in [0.717, 1.165) is 26.1 Å². The van der Waals surface area contributed by atoms with Crippen LogP contribution in [0.3, 0.4) is 0 Å². The minimum Gasteiger partial charge on any atom is -0.381 e. The Kier molecular flexibility index (Phi) is 4.54. The molecule has 15 heavy (non-hydrogen) atoms. The summed E-state index contributed by atoms with van der Waals surface area (Å²) in [6, 6.07) is 0. The van der Waals surface area contributed by atoms with Gasteiger partial charge in [0.05, 0.1) is 12.0 Å². The van der Waals surface area contributed by atoms with Crippen molar-refractivity contribution >= 4 is 5.91 Å². The van der Waals surface area contributed by atoms with Crippen molar-refractivity contribution in [3.8, 4) is 0 Å². The van der Waals surface area contributed by atoms with Gasteiger partial charge in [0.15, 0.2) is 0 Å². The average molecular weight is 214 g/mol. The van der Waals surface area contributed by atoms with Crippen LogP contribution in [0.5, 0.6) is 0 Å². The standard InChI is InChI=1S/C11H22N2O2/c1-11(2,8-12)10(14)13-6-9-4-3-5-15-7-9/h9H,3-8,12H2,1-2H3,(H,13,14). The molecule has 0 spiro atoms. The molecule has 4 heteroatoms. The van der Waals surface area contributed by atoms with Crippen LogP contribution in [0.2, 0.25) is 0 Å². The zero-order valence-corrected chi connectivity index (χ0v) is 9.71. The number of nitrogens with two attached hydrogens (primary N) is 1. The van der Waals surface area contributed by atoms with Crippen molar-refractivity contribution in [2.75, 3.05) is 26.3 Å². The van der Waals surface area contributed by atoms with E-state index < -0.39 is 5.41 Å². The Morgan fingerprint density at radius 3 is 2.87 bits per heavy atom. The minimum absolute atomic E-state index is 0.0376. The number of carbonyl (C=O) groups excluding carboxylic acids is 1. The summed E-state index contributed by atoms with van der Waals surface area (Å²) < 4.78 is 5.35. The van der Waals surface area contributed by atoms with Crippen molar-refractivity contribution < 1.29 is 9.53 Å². The monoisotopic (exact) mass is 214 g/mol. The first-order valence-electron chi connectivity index (χ1n) is 5.62. The zero-order chi connectivity index (χ0) is 11.3. The van der Waals surface area contributed by atoms with E-state index in [-0.39, 0.29) is 5.91 Å². The maximum atomic E-state index is 11.7. The summed E-state index contributed by atoms with van der Waals surface area (Å²) in [7, 11) is 0. The number of hydrogen-bond acceptors (Lipinski definition) is 3. The number of ether oxygens (including phenoxy) is 1. The second-order valence-electron chi connectivity index (χ2n) is 4.88. The molecular formula is C11H22N2O2. The number of nitrogens with one attached hydrogen (secondary N) is 1. The molecule has 3 N–H and O–H groups in total. The van der Waals surface area contributed by atoms with Gasteiger partial charge in [0.2, 0.25) is 5.91 Å². The fourth-order valence-electron chi connectivity index (χ4n) is 1.54. The van der Waals surface area contributed by atoms with Crippen LogP contribution in [0, 0.1) is 11.3 Å². The summed E-state index contributed by atoms with van der Waals surface area (Å²) >= 11 is 0. The van der Waals surface area contributed by atoms with Crippen LogP contribution in [-0.2, 0) is 9.53 Å². The molecule has 0 radical (unpaired) electrons. The minimum atomic E-state index is -0.463. The first kappa shape index (κ1) is 12.5.